The molecule has 0 aliphatic carbocycles. The van der Waals surface area contributed by atoms with Crippen LogP contribution in [-0.4, -0.2) is 27.1 Å². The van der Waals surface area contributed by atoms with E-state index in [-0.39, 0.29) is 0 Å². The molecule has 0 aliphatic heterocycles. The maximum atomic E-state index is 4.57. The second kappa shape index (κ2) is 4.61. The molecule has 4 heteroatoms. The van der Waals surface area contributed by atoms with Crippen LogP contribution in [0, 0.1) is 0 Å². The van der Waals surface area contributed by atoms with Crippen molar-refractivity contribution in [1.82, 2.24) is 19.9 Å². The minimum absolute atomic E-state index is 0.524. The van der Waals surface area contributed by atoms with Gasteiger partial charge in [-0.15, -0.1) is 0 Å². The quantitative estimate of drug-likeness (QED) is 0.846. The lowest BCUT2D eigenvalue weighted by Gasteiger charge is -2.07. The van der Waals surface area contributed by atoms with E-state index in [0.717, 1.165) is 29.8 Å². The molecule has 2 heterocycles. The zero-order valence-electron chi connectivity index (χ0n) is 10.1. The van der Waals surface area contributed by atoms with Gasteiger partial charge < -0.3 is 9.88 Å². The maximum Gasteiger partial charge on any atom is 0.110 e. The van der Waals surface area contributed by atoms with Gasteiger partial charge in [-0.1, -0.05) is 13.8 Å². The molecular formula is C12H18N4. The second-order valence-corrected chi connectivity index (χ2v) is 4.31. The van der Waals surface area contributed by atoms with Gasteiger partial charge >= 0.3 is 0 Å². The van der Waals surface area contributed by atoms with E-state index in [9.17, 15) is 0 Å². The number of nitrogens with one attached hydrogen (secondary N) is 1. The summed E-state index contributed by atoms with van der Waals surface area (Å²) in [5, 5.41) is 3.40. The fourth-order valence-corrected chi connectivity index (χ4v) is 1.80. The first-order valence-corrected chi connectivity index (χ1v) is 5.67. The topological polar surface area (TPSA) is 42.7 Å². The minimum atomic E-state index is 0.524. The molecule has 0 unspecified atom stereocenters. The highest BCUT2D eigenvalue weighted by Crippen LogP contribution is 2.12. The Hall–Kier alpha value is -1.42. The van der Waals surface area contributed by atoms with Crippen molar-refractivity contribution < 1.29 is 0 Å². The van der Waals surface area contributed by atoms with Crippen LogP contribution in [0.3, 0.4) is 0 Å². The van der Waals surface area contributed by atoms with Crippen LogP contribution in [0.2, 0.25) is 0 Å². The second-order valence-electron chi connectivity index (χ2n) is 4.31. The van der Waals surface area contributed by atoms with Crippen molar-refractivity contribution in [3.8, 4) is 0 Å². The van der Waals surface area contributed by atoms with Crippen molar-refractivity contribution in [2.45, 2.75) is 26.3 Å². The molecule has 1 N–H and O–H groups in total. The summed E-state index contributed by atoms with van der Waals surface area (Å²) in [4.78, 5) is 8.65. The van der Waals surface area contributed by atoms with E-state index in [4.69, 9.17) is 0 Å². The Morgan fingerprint density at radius 3 is 2.94 bits per heavy atom. The van der Waals surface area contributed by atoms with Crippen LogP contribution in [0.15, 0.2) is 18.5 Å². The molecule has 0 amide bonds. The van der Waals surface area contributed by atoms with Crippen LogP contribution in [-0.2, 0) is 13.5 Å². The first kappa shape index (κ1) is 11.1. The smallest absolute Gasteiger partial charge is 0.110 e. The Kier molecular flexibility index (Phi) is 3.19. The third kappa shape index (κ3) is 2.22. The van der Waals surface area contributed by atoms with Gasteiger partial charge in [-0.2, -0.15) is 0 Å². The van der Waals surface area contributed by atoms with Crippen molar-refractivity contribution >= 4 is 11.0 Å². The Morgan fingerprint density at radius 1 is 1.44 bits per heavy atom. The molecule has 4 nitrogen and oxygen atoms in total. The number of nitrogens with zero attached hydrogens (tertiary/aromatic N) is 3. The van der Waals surface area contributed by atoms with Gasteiger partial charge in [-0.25, -0.2) is 4.98 Å². The molecule has 0 bridgehead atoms. The zero-order valence-corrected chi connectivity index (χ0v) is 10.1. The van der Waals surface area contributed by atoms with Gasteiger partial charge in [0.1, 0.15) is 11.3 Å². The molecule has 2 aromatic heterocycles. The van der Waals surface area contributed by atoms with E-state index in [2.05, 4.69) is 40.7 Å². The van der Waals surface area contributed by atoms with Crippen LogP contribution < -0.4 is 5.32 Å². The largest absolute Gasteiger partial charge is 0.331 e. The number of imidazole rings is 1. The molecule has 2 rings (SSSR count). The molecule has 0 atom stereocenters. The van der Waals surface area contributed by atoms with Crippen molar-refractivity contribution in [3.63, 3.8) is 0 Å². The number of rotatable bonds is 4. The van der Waals surface area contributed by atoms with E-state index in [1.54, 1.807) is 6.20 Å². The number of aryl methyl sites for hydroxylation is 1. The van der Waals surface area contributed by atoms with Crippen molar-refractivity contribution in [3.05, 3.63) is 24.3 Å². The van der Waals surface area contributed by atoms with Gasteiger partial charge in [0.25, 0.3) is 0 Å². The predicted molar refractivity (Wildman–Crippen MR) is 65.4 cm³/mol. The molecule has 0 radical (unpaired) electrons. The molecule has 16 heavy (non-hydrogen) atoms. The number of hydrogen-bond donors (Lipinski definition) is 1. The van der Waals surface area contributed by atoms with Crippen LogP contribution in [0.25, 0.3) is 11.0 Å². The summed E-state index contributed by atoms with van der Waals surface area (Å²) in [5.41, 5.74) is 2.12. The molecule has 0 aromatic carbocycles. The fourth-order valence-electron chi connectivity index (χ4n) is 1.80. The third-order valence-electron chi connectivity index (χ3n) is 2.68. The average molecular weight is 218 g/mol. The Morgan fingerprint density at radius 2 is 2.25 bits per heavy atom. The van der Waals surface area contributed by atoms with E-state index in [0.29, 0.717) is 6.04 Å². The number of fused-ring (bicyclic) bond motifs is 1. The number of pyridine rings is 1. The molecule has 0 fully saturated rings. The van der Waals surface area contributed by atoms with Crippen molar-refractivity contribution in [1.29, 1.82) is 0 Å². The molecule has 0 saturated heterocycles. The monoisotopic (exact) mass is 218 g/mol. The Labute approximate surface area is 95.7 Å². The maximum absolute atomic E-state index is 4.57. The van der Waals surface area contributed by atoms with E-state index in [1.807, 2.05) is 12.3 Å². The van der Waals surface area contributed by atoms with Gasteiger partial charge in [0.15, 0.2) is 0 Å². The van der Waals surface area contributed by atoms with Crippen LogP contribution in [0.4, 0.5) is 0 Å². The summed E-state index contributed by atoms with van der Waals surface area (Å²) >= 11 is 0. The van der Waals surface area contributed by atoms with E-state index >= 15 is 0 Å². The van der Waals surface area contributed by atoms with Crippen molar-refractivity contribution in [2.24, 2.45) is 7.05 Å². The summed E-state index contributed by atoms with van der Waals surface area (Å²) in [7, 11) is 2.06. The molecule has 2 aromatic rings. The standard InChI is InChI=1S/C12H18N4/c1-9(2)14-7-5-12-15-10-8-13-6-4-11(10)16(12)3/h4,6,8-9,14H,5,7H2,1-3H3. The summed E-state index contributed by atoms with van der Waals surface area (Å²) in [5.74, 6) is 1.11. The first-order valence-electron chi connectivity index (χ1n) is 5.67. The average Bonchev–Trinajstić information content (AvgIpc) is 2.56. The van der Waals surface area contributed by atoms with Gasteiger partial charge in [-0.3, -0.25) is 4.98 Å². The summed E-state index contributed by atoms with van der Waals surface area (Å²) in [6.07, 6.45) is 4.57. The summed E-state index contributed by atoms with van der Waals surface area (Å²) < 4.78 is 2.14. The van der Waals surface area contributed by atoms with E-state index in [1.165, 1.54) is 0 Å². The lowest BCUT2D eigenvalue weighted by atomic mass is 10.3. The highest BCUT2D eigenvalue weighted by Gasteiger charge is 2.06. The normalized spacial score (nSPS) is 11.5. The van der Waals surface area contributed by atoms with Gasteiger partial charge in [0.05, 0.1) is 11.7 Å². The zero-order chi connectivity index (χ0) is 11.5. The summed E-state index contributed by atoms with van der Waals surface area (Å²) in [6, 6.07) is 2.53. The van der Waals surface area contributed by atoms with E-state index < -0.39 is 0 Å². The predicted octanol–water partition coefficient (Wildman–Crippen LogP) is 1.51. The Balaban J connectivity index is 2.15. The molecular weight excluding hydrogens is 200 g/mol. The fraction of sp³-hybridized carbons (Fsp3) is 0.500. The Bertz CT molecular complexity index is 473. The molecule has 0 aliphatic rings. The molecule has 0 spiro atoms. The van der Waals surface area contributed by atoms with Gasteiger partial charge in [0.2, 0.25) is 0 Å². The molecule has 86 valence electrons. The highest BCUT2D eigenvalue weighted by atomic mass is 15.1. The van der Waals surface area contributed by atoms with Crippen LogP contribution in [0.5, 0.6) is 0 Å². The minimum Gasteiger partial charge on any atom is -0.331 e. The third-order valence-corrected chi connectivity index (χ3v) is 2.68. The SMILES string of the molecule is CC(C)NCCc1nc2cnccc2n1C. The van der Waals surface area contributed by atoms with Gasteiger partial charge in [0, 0.05) is 32.3 Å². The number of aromatic nitrogens is 3. The lowest BCUT2D eigenvalue weighted by Crippen LogP contribution is -2.25. The highest BCUT2D eigenvalue weighted by molar-refractivity contribution is 5.74. The lowest BCUT2D eigenvalue weighted by molar-refractivity contribution is 0.578. The number of hydrogen-bond acceptors (Lipinski definition) is 3. The first-order chi connectivity index (χ1) is 7.68. The molecule has 0 saturated carbocycles. The van der Waals surface area contributed by atoms with Crippen LogP contribution >= 0.6 is 0 Å². The van der Waals surface area contributed by atoms with Crippen molar-refractivity contribution in [2.75, 3.05) is 6.54 Å². The van der Waals surface area contributed by atoms with Gasteiger partial charge in [-0.05, 0) is 6.07 Å². The van der Waals surface area contributed by atoms with Crippen LogP contribution in [0.1, 0.15) is 19.7 Å². The summed E-state index contributed by atoms with van der Waals surface area (Å²) in [6.45, 7) is 5.26.